The lowest BCUT2D eigenvalue weighted by Crippen LogP contribution is -2.51. The van der Waals surface area contributed by atoms with Gasteiger partial charge in [-0.05, 0) is 202 Å². The summed E-state index contributed by atoms with van der Waals surface area (Å²) in [6, 6.07) is -1.00. The Morgan fingerprint density at radius 1 is 0.494 bits per heavy atom. The van der Waals surface area contributed by atoms with Gasteiger partial charge in [-0.25, -0.2) is 24.0 Å². The van der Waals surface area contributed by atoms with Crippen molar-refractivity contribution in [1.29, 1.82) is 0 Å². The van der Waals surface area contributed by atoms with Crippen LogP contribution in [0.15, 0.2) is 0 Å². The quantitative estimate of drug-likeness (QED) is 0.184. The number of likely N-dealkylation sites (tertiary alicyclic amines) is 4. The third-order valence-corrected chi connectivity index (χ3v) is 15.5. The molecule has 0 radical (unpaired) electrons. The Labute approximate surface area is 492 Å². The minimum absolute atomic E-state index is 0.00311. The summed E-state index contributed by atoms with van der Waals surface area (Å²) >= 11 is 7.45. The van der Waals surface area contributed by atoms with Crippen molar-refractivity contribution in [3.8, 4) is 0 Å². The molecule has 9 atom stereocenters. The van der Waals surface area contributed by atoms with E-state index in [1.165, 1.54) is 55.7 Å². The lowest BCUT2D eigenvalue weighted by molar-refractivity contribution is -0.126. The van der Waals surface area contributed by atoms with Gasteiger partial charge in [0.25, 0.3) is 0 Å². The Morgan fingerprint density at radius 2 is 0.938 bits per heavy atom. The monoisotopic (exact) mass is 1190 g/mol. The molecule has 0 N–H and O–H groups in total. The van der Waals surface area contributed by atoms with E-state index in [1.54, 1.807) is 42.4 Å². The smallest absolute Gasteiger partial charge is 0.411 e. The SMILES string of the molecule is CC(=O)C1(C)CCCN1C(=O)OC(C)(C)C.CC(=O)C1C(C)CCN1C(=O)OC(C)(C)C.CC(=O)C1C2CCCC2CN1C(=O)OC(C)(C)C.CC(=O)C1CC(Cl)CN1C(=O)OC(C)(C)C.CC(=O)C1SCCN1C(=O)OC(C)(C)C. The summed E-state index contributed by atoms with van der Waals surface area (Å²) in [5.41, 5.74) is -3.27. The number of rotatable bonds is 5. The lowest BCUT2D eigenvalue weighted by Gasteiger charge is -2.34. The van der Waals surface area contributed by atoms with Crippen LogP contribution < -0.4 is 0 Å². The molecule has 5 aliphatic heterocycles. The largest absolute Gasteiger partial charge is 0.444 e. The fourth-order valence-corrected chi connectivity index (χ4v) is 11.8. The predicted molar refractivity (Wildman–Crippen MR) is 312 cm³/mol. The fraction of sp³-hybridized carbons (Fsp3) is 0.831. The van der Waals surface area contributed by atoms with Gasteiger partial charge in [0, 0.05) is 38.5 Å². The van der Waals surface area contributed by atoms with Gasteiger partial charge in [-0.1, -0.05) is 13.3 Å². The normalized spacial score (nSPS) is 26.2. The second-order valence-corrected chi connectivity index (χ2v) is 29.0. The number of carbonyl (C=O) groups is 10. The third-order valence-electron chi connectivity index (χ3n) is 13.9. The Kier molecular flexibility index (Phi) is 26.1. The van der Waals surface area contributed by atoms with Crippen LogP contribution in [0.3, 0.4) is 0 Å². The number of hydrogen-bond donors (Lipinski definition) is 0. The van der Waals surface area contributed by atoms with E-state index in [4.69, 9.17) is 35.3 Å². The van der Waals surface area contributed by atoms with Crippen LogP contribution in [0, 0.1) is 17.8 Å². The van der Waals surface area contributed by atoms with Crippen molar-refractivity contribution >= 4 is 82.7 Å². The standard InChI is InChI=1S/C14H23NO3.2C12H21NO3.C11H18ClNO3.C10H17NO3S/c1-9(16)12-11-7-5-6-10(11)8-15(12)13(17)18-14(2,3)4;1-9(14)12(5)7-6-8-13(12)10(15)16-11(2,3)4;1-8-6-7-13(10(8)9(2)14)11(15)16-12(3,4)5;1-7(14)9-5-8(12)6-13(9)10(15)16-11(2,3)4;1-7(12)8-11(5-6-15-8)9(13)14-10(2,3)4/h10-12H,5-8H2,1-4H3;6-8H2,1-5H3;8,10H,6-7H2,1-5H3;8-9H,5-6H2,1-4H3;8H,5-6H2,1-4H3. The molecule has 5 saturated heterocycles. The van der Waals surface area contributed by atoms with E-state index in [2.05, 4.69) is 0 Å². The van der Waals surface area contributed by atoms with E-state index in [0.29, 0.717) is 51.0 Å². The molecule has 0 aromatic heterocycles. The van der Waals surface area contributed by atoms with E-state index in [1.807, 2.05) is 96.9 Å². The van der Waals surface area contributed by atoms with Crippen LogP contribution in [-0.4, -0.2) is 185 Å². The molecule has 0 bridgehead atoms. The van der Waals surface area contributed by atoms with E-state index < -0.39 is 51.8 Å². The minimum Gasteiger partial charge on any atom is -0.444 e. The number of Topliss-reactive ketones (excluding diaryl/α,β-unsaturated/α-hetero) is 5. The van der Waals surface area contributed by atoms with Gasteiger partial charge in [-0.15, -0.1) is 23.4 Å². The molecular formula is C59H100ClN5O15S. The molecular weight excluding hydrogens is 1090 g/mol. The Morgan fingerprint density at radius 3 is 1.37 bits per heavy atom. The van der Waals surface area contributed by atoms with E-state index in [-0.39, 0.29) is 75.9 Å². The summed E-state index contributed by atoms with van der Waals surface area (Å²) < 4.78 is 26.4. The van der Waals surface area contributed by atoms with Crippen LogP contribution in [0.1, 0.15) is 197 Å². The van der Waals surface area contributed by atoms with Crippen LogP contribution in [0.25, 0.3) is 0 Å². The molecule has 6 fully saturated rings. The molecule has 0 aromatic rings. The summed E-state index contributed by atoms with van der Waals surface area (Å²) in [6.45, 7) is 41.6. The number of thioether (sulfide) groups is 1. The Balaban J connectivity index is 0.000000346. The molecule has 5 heterocycles. The number of ether oxygens (including phenoxy) is 5. The predicted octanol–water partition coefficient (Wildman–Crippen LogP) is 11.3. The maximum atomic E-state index is 12.2. The summed E-state index contributed by atoms with van der Waals surface area (Å²) in [5.74, 6) is 1.98. The maximum Gasteiger partial charge on any atom is 0.411 e. The summed E-state index contributed by atoms with van der Waals surface area (Å²) in [6.07, 6.45) is 4.38. The highest BCUT2D eigenvalue weighted by Gasteiger charge is 2.50. The zero-order chi connectivity index (χ0) is 62.7. The van der Waals surface area contributed by atoms with Gasteiger partial charge in [0.15, 0.2) is 28.9 Å². The van der Waals surface area contributed by atoms with Crippen LogP contribution in [-0.2, 0) is 47.7 Å². The molecule has 5 amide bonds. The number of amides is 5. The number of halogens is 1. The molecule has 1 saturated carbocycles. The van der Waals surface area contributed by atoms with E-state index in [0.717, 1.165) is 37.9 Å². The molecule has 22 heteroatoms. The van der Waals surface area contributed by atoms with Gasteiger partial charge < -0.3 is 23.7 Å². The molecule has 9 unspecified atom stereocenters. The first-order valence-electron chi connectivity index (χ1n) is 28.5. The maximum absolute atomic E-state index is 12.2. The number of carbonyl (C=O) groups excluding carboxylic acids is 10. The average molecular weight is 1190 g/mol. The van der Waals surface area contributed by atoms with Crippen LogP contribution in [0.5, 0.6) is 0 Å². The summed E-state index contributed by atoms with van der Waals surface area (Å²) in [7, 11) is 0. The van der Waals surface area contributed by atoms with Crippen molar-refractivity contribution in [3.05, 3.63) is 0 Å². The number of ketones is 5. The van der Waals surface area contributed by atoms with Crippen molar-refractivity contribution in [2.45, 2.75) is 260 Å². The van der Waals surface area contributed by atoms with Crippen LogP contribution in [0.2, 0.25) is 0 Å². The van der Waals surface area contributed by atoms with Crippen molar-refractivity contribution < 1.29 is 71.6 Å². The van der Waals surface area contributed by atoms with Crippen molar-refractivity contribution in [2.75, 3.05) is 38.5 Å². The van der Waals surface area contributed by atoms with E-state index >= 15 is 0 Å². The van der Waals surface area contributed by atoms with Crippen LogP contribution >= 0.6 is 23.4 Å². The highest BCUT2D eigenvalue weighted by Crippen LogP contribution is 2.43. The minimum atomic E-state index is -0.678. The van der Waals surface area contributed by atoms with Gasteiger partial charge in [-0.2, -0.15) is 0 Å². The molecule has 6 aliphatic rings. The topological polar surface area (TPSA) is 233 Å². The van der Waals surface area contributed by atoms with Crippen molar-refractivity contribution in [2.24, 2.45) is 17.8 Å². The summed E-state index contributed by atoms with van der Waals surface area (Å²) in [5, 5.41) is -0.527. The molecule has 20 nitrogen and oxygen atoms in total. The molecule has 81 heavy (non-hydrogen) atoms. The number of nitrogens with zero attached hydrogens (tertiary/aromatic N) is 5. The molecule has 0 aromatic carbocycles. The highest BCUT2D eigenvalue weighted by molar-refractivity contribution is 8.00. The molecule has 6 rings (SSSR count). The van der Waals surface area contributed by atoms with Gasteiger partial charge >= 0.3 is 30.5 Å². The van der Waals surface area contributed by atoms with Crippen molar-refractivity contribution in [1.82, 2.24) is 24.5 Å². The first-order valence-corrected chi connectivity index (χ1v) is 30.0. The molecule has 0 spiro atoms. The first kappa shape index (κ1) is 72.4. The number of hydrogen-bond acceptors (Lipinski definition) is 16. The van der Waals surface area contributed by atoms with Gasteiger partial charge in [0.1, 0.15) is 38.9 Å². The zero-order valence-corrected chi connectivity index (χ0v) is 54.5. The Bertz CT molecular complexity index is 2220. The number of fused-ring (bicyclic) bond motifs is 1. The lowest BCUT2D eigenvalue weighted by atomic mass is 9.92. The highest BCUT2D eigenvalue weighted by atomic mass is 35.5. The van der Waals surface area contributed by atoms with Crippen molar-refractivity contribution in [3.63, 3.8) is 0 Å². The summed E-state index contributed by atoms with van der Waals surface area (Å²) in [4.78, 5) is 125. The average Bonchev–Trinajstić information content (AvgIpc) is 4.13. The zero-order valence-electron chi connectivity index (χ0n) is 53.0. The van der Waals surface area contributed by atoms with Gasteiger partial charge in [0.2, 0.25) is 0 Å². The first-order chi connectivity index (χ1) is 36.7. The second kappa shape index (κ2) is 29.2. The second-order valence-electron chi connectivity index (χ2n) is 27.2. The van der Waals surface area contributed by atoms with Gasteiger partial charge in [-0.3, -0.25) is 48.5 Å². The Hall–Kier alpha value is -4.66. The third kappa shape index (κ3) is 23.1. The van der Waals surface area contributed by atoms with Gasteiger partial charge in [0.05, 0.1) is 23.5 Å². The molecule has 1 aliphatic carbocycles. The van der Waals surface area contributed by atoms with Crippen LogP contribution in [0.4, 0.5) is 24.0 Å². The molecule has 464 valence electrons. The number of alkyl halides is 1. The van der Waals surface area contributed by atoms with E-state index in [9.17, 15) is 47.9 Å². The fourth-order valence-electron chi connectivity index (χ4n) is 10.4.